The van der Waals surface area contributed by atoms with Crippen molar-refractivity contribution >= 4 is 17.1 Å². The maximum absolute atomic E-state index is 11.9. The number of H-pyrrole nitrogens is 1. The van der Waals surface area contributed by atoms with Crippen LogP contribution < -0.4 is 10.5 Å². The molecule has 2 rings (SSSR count). The normalized spacial score (nSPS) is 10.9. The van der Waals surface area contributed by atoms with Crippen LogP contribution in [0.3, 0.4) is 0 Å². The van der Waals surface area contributed by atoms with Gasteiger partial charge in [-0.05, 0) is 6.92 Å². The van der Waals surface area contributed by atoms with Gasteiger partial charge in [-0.25, -0.2) is 4.98 Å². The molecule has 2 aromatic rings. The van der Waals surface area contributed by atoms with E-state index in [1.807, 2.05) is 14.1 Å². The van der Waals surface area contributed by atoms with E-state index in [1.165, 1.54) is 4.57 Å². The van der Waals surface area contributed by atoms with Gasteiger partial charge in [0.25, 0.3) is 5.56 Å². The summed E-state index contributed by atoms with van der Waals surface area (Å²) in [5.41, 5.74) is 0.823. The Balaban J connectivity index is 2.88. The van der Waals surface area contributed by atoms with Gasteiger partial charge in [0.1, 0.15) is 5.82 Å². The molecule has 0 bridgehead atoms. The fraction of sp³-hybridized carbons (Fsp3) is 0.444. The molecule has 0 radical (unpaired) electrons. The predicted octanol–water partition coefficient (Wildman–Crippen LogP) is 0.0310. The number of aromatic amines is 1. The van der Waals surface area contributed by atoms with Crippen LogP contribution in [0.25, 0.3) is 11.2 Å². The van der Waals surface area contributed by atoms with Gasteiger partial charge in [-0.3, -0.25) is 9.36 Å². The minimum Gasteiger partial charge on any atom is -0.348 e. The van der Waals surface area contributed by atoms with Gasteiger partial charge in [0.05, 0.1) is 0 Å². The van der Waals surface area contributed by atoms with Crippen LogP contribution in [0, 0.1) is 6.92 Å². The van der Waals surface area contributed by atoms with E-state index in [1.54, 1.807) is 18.9 Å². The van der Waals surface area contributed by atoms with Crippen LogP contribution in [0.2, 0.25) is 0 Å². The highest BCUT2D eigenvalue weighted by Gasteiger charge is 2.12. The lowest BCUT2D eigenvalue weighted by molar-refractivity contribution is 0.807. The third kappa shape index (κ3) is 1.38. The molecule has 2 aromatic heterocycles. The molecule has 6 nitrogen and oxygen atoms in total. The number of aryl methyl sites for hydroxylation is 1. The lowest BCUT2D eigenvalue weighted by Gasteiger charge is -2.14. The summed E-state index contributed by atoms with van der Waals surface area (Å²) in [5, 5.41) is 0. The molecule has 0 atom stereocenters. The van der Waals surface area contributed by atoms with Crippen molar-refractivity contribution in [3.63, 3.8) is 0 Å². The molecule has 0 spiro atoms. The summed E-state index contributed by atoms with van der Waals surface area (Å²) in [4.78, 5) is 25.0. The first-order chi connectivity index (χ1) is 7.00. The highest BCUT2D eigenvalue weighted by molar-refractivity contribution is 5.70. The molecule has 15 heavy (non-hydrogen) atoms. The molecule has 2 heterocycles. The van der Waals surface area contributed by atoms with Crippen molar-refractivity contribution in [2.75, 3.05) is 19.0 Å². The highest BCUT2D eigenvalue weighted by Crippen LogP contribution is 2.09. The number of anilines is 1. The number of nitrogens with zero attached hydrogens (tertiary/aromatic N) is 4. The standard InChI is InChI=1S/C9H13N5O/c1-5-10-6-7(11-5)12-9(13(2)3)14(4)8(6)15/h1-4H3,(H,10,11). The Morgan fingerprint density at radius 3 is 2.60 bits per heavy atom. The van der Waals surface area contributed by atoms with Crippen molar-refractivity contribution in [1.29, 1.82) is 0 Å². The van der Waals surface area contributed by atoms with Crippen LogP contribution >= 0.6 is 0 Å². The quantitative estimate of drug-likeness (QED) is 0.716. The van der Waals surface area contributed by atoms with Crippen LogP contribution in [0.15, 0.2) is 4.79 Å². The predicted molar refractivity (Wildman–Crippen MR) is 58.2 cm³/mol. The Labute approximate surface area is 86.6 Å². The van der Waals surface area contributed by atoms with Crippen LogP contribution in [-0.2, 0) is 7.05 Å². The average Bonchev–Trinajstić information content (AvgIpc) is 2.52. The fourth-order valence-electron chi connectivity index (χ4n) is 1.54. The molecule has 6 heteroatoms. The summed E-state index contributed by atoms with van der Waals surface area (Å²) < 4.78 is 1.50. The second-order valence-corrected chi connectivity index (χ2v) is 3.69. The second kappa shape index (κ2) is 3.08. The van der Waals surface area contributed by atoms with Gasteiger partial charge in [0.2, 0.25) is 5.95 Å². The molecule has 1 N–H and O–H groups in total. The van der Waals surface area contributed by atoms with E-state index in [9.17, 15) is 4.79 Å². The largest absolute Gasteiger partial charge is 0.348 e. The van der Waals surface area contributed by atoms with E-state index in [-0.39, 0.29) is 5.56 Å². The van der Waals surface area contributed by atoms with Gasteiger partial charge in [-0.2, -0.15) is 4.98 Å². The molecule has 0 aliphatic heterocycles. The molecule has 0 fully saturated rings. The smallest absolute Gasteiger partial charge is 0.280 e. The monoisotopic (exact) mass is 207 g/mol. The van der Waals surface area contributed by atoms with Crippen LogP contribution in [0.5, 0.6) is 0 Å². The van der Waals surface area contributed by atoms with Gasteiger partial charge >= 0.3 is 0 Å². The van der Waals surface area contributed by atoms with E-state index in [0.717, 1.165) is 0 Å². The zero-order valence-corrected chi connectivity index (χ0v) is 9.20. The summed E-state index contributed by atoms with van der Waals surface area (Å²) >= 11 is 0. The molecule has 0 saturated heterocycles. The maximum atomic E-state index is 11.9. The van der Waals surface area contributed by atoms with E-state index < -0.39 is 0 Å². The molecule has 0 saturated carbocycles. The average molecular weight is 207 g/mol. The molecule has 0 aliphatic rings. The molecular weight excluding hydrogens is 194 g/mol. The Hall–Kier alpha value is -1.85. The Morgan fingerprint density at radius 2 is 2.00 bits per heavy atom. The second-order valence-electron chi connectivity index (χ2n) is 3.69. The SMILES string of the molecule is Cc1nc2nc(N(C)C)n(C)c(=O)c2[nH]1. The van der Waals surface area contributed by atoms with Crippen LogP contribution in [0.4, 0.5) is 5.95 Å². The number of nitrogens with one attached hydrogen (secondary N) is 1. The van der Waals surface area contributed by atoms with Crippen molar-refractivity contribution in [2.24, 2.45) is 7.05 Å². The highest BCUT2D eigenvalue weighted by atomic mass is 16.1. The zero-order chi connectivity index (χ0) is 11.2. The molecule has 0 unspecified atom stereocenters. The first-order valence-electron chi connectivity index (χ1n) is 4.61. The van der Waals surface area contributed by atoms with Gasteiger partial charge in [0, 0.05) is 21.1 Å². The Bertz CT molecular complexity index is 566. The third-order valence-corrected chi connectivity index (χ3v) is 2.23. The van der Waals surface area contributed by atoms with E-state index in [4.69, 9.17) is 0 Å². The first kappa shape index (κ1) is 9.70. The fourth-order valence-corrected chi connectivity index (χ4v) is 1.54. The molecule has 0 amide bonds. The topological polar surface area (TPSA) is 66.8 Å². The van der Waals surface area contributed by atoms with Crippen molar-refractivity contribution in [1.82, 2.24) is 19.5 Å². The van der Waals surface area contributed by atoms with Crippen molar-refractivity contribution in [2.45, 2.75) is 6.92 Å². The van der Waals surface area contributed by atoms with E-state index >= 15 is 0 Å². The molecule has 80 valence electrons. The van der Waals surface area contributed by atoms with Crippen LogP contribution in [-0.4, -0.2) is 33.6 Å². The number of imidazole rings is 1. The van der Waals surface area contributed by atoms with Gasteiger partial charge < -0.3 is 9.88 Å². The number of hydrogen-bond acceptors (Lipinski definition) is 4. The van der Waals surface area contributed by atoms with Gasteiger partial charge in [-0.15, -0.1) is 0 Å². The summed E-state index contributed by atoms with van der Waals surface area (Å²) in [6.45, 7) is 1.80. The minimum atomic E-state index is -0.107. The summed E-state index contributed by atoms with van der Waals surface area (Å²) in [5.74, 6) is 1.30. The number of aromatic nitrogens is 4. The molecule has 0 aromatic carbocycles. The molecule has 0 aliphatic carbocycles. The lowest BCUT2D eigenvalue weighted by atomic mass is 10.5. The Kier molecular flexibility index (Phi) is 1.99. The number of rotatable bonds is 1. The minimum absolute atomic E-state index is 0.107. The first-order valence-corrected chi connectivity index (χ1v) is 4.61. The van der Waals surface area contributed by atoms with Crippen molar-refractivity contribution in [3.05, 3.63) is 16.2 Å². The van der Waals surface area contributed by atoms with Gasteiger partial charge in [0.15, 0.2) is 11.2 Å². The molecular formula is C9H13N5O. The van der Waals surface area contributed by atoms with Crippen LogP contribution in [0.1, 0.15) is 5.82 Å². The van der Waals surface area contributed by atoms with Crippen molar-refractivity contribution < 1.29 is 0 Å². The van der Waals surface area contributed by atoms with Gasteiger partial charge in [-0.1, -0.05) is 0 Å². The Morgan fingerprint density at radius 1 is 1.33 bits per heavy atom. The number of hydrogen-bond donors (Lipinski definition) is 1. The van der Waals surface area contributed by atoms with Crippen molar-refractivity contribution in [3.8, 4) is 0 Å². The van der Waals surface area contributed by atoms with E-state index in [0.29, 0.717) is 22.9 Å². The zero-order valence-electron chi connectivity index (χ0n) is 9.20. The lowest BCUT2D eigenvalue weighted by Crippen LogP contribution is -2.26. The summed E-state index contributed by atoms with van der Waals surface area (Å²) in [7, 11) is 5.38. The number of fused-ring (bicyclic) bond motifs is 1. The third-order valence-electron chi connectivity index (χ3n) is 2.23. The summed E-state index contributed by atoms with van der Waals surface area (Å²) in [6, 6.07) is 0. The summed E-state index contributed by atoms with van der Waals surface area (Å²) in [6.07, 6.45) is 0. The maximum Gasteiger partial charge on any atom is 0.280 e. The van der Waals surface area contributed by atoms with E-state index in [2.05, 4.69) is 15.0 Å².